The number of nitrogens with one attached hydrogen (secondary N) is 1. The monoisotopic (exact) mass is 481 g/mol. The number of ether oxygens (including phenoxy) is 2. The second kappa shape index (κ2) is 10.2. The molecule has 1 amide bonds. The largest absolute Gasteiger partial charge is 0.497 e. The molecule has 0 saturated carbocycles. The fraction of sp³-hybridized carbons (Fsp3) is 0.391. The highest BCUT2D eigenvalue weighted by atomic mass is 32.2. The second-order valence-corrected chi connectivity index (χ2v) is 8.80. The molecule has 1 aromatic carbocycles. The minimum atomic E-state index is -0.232. The molecule has 1 aliphatic heterocycles. The predicted molar refractivity (Wildman–Crippen MR) is 130 cm³/mol. The number of anilines is 2. The molecule has 3 heterocycles. The van der Waals surface area contributed by atoms with Crippen LogP contribution in [-0.4, -0.2) is 64.4 Å². The summed E-state index contributed by atoms with van der Waals surface area (Å²) in [4.78, 5) is 15.0. The summed E-state index contributed by atoms with van der Waals surface area (Å²) in [6.45, 7) is 6.64. The Morgan fingerprint density at radius 1 is 1.24 bits per heavy atom. The van der Waals surface area contributed by atoms with E-state index in [9.17, 15) is 10.1 Å². The van der Waals surface area contributed by atoms with Crippen LogP contribution >= 0.6 is 11.8 Å². The predicted octanol–water partition coefficient (Wildman–Crippen LogP) is 2.67. The number of hydrogen-bond donors (Lipinski definition) is 1. The van der Waals surface area contributed by atoms with Crippen molar-refractivity contribution in [2.75, 3.05) is 49.4 Å². The molecule has 34 heavy (non-hydrogen) atoms. The molecule has 4 rings (SSSR count). The smallest absolute Gasteiger partial charge is 0.236 e. The second-order valence-electron chi connectivity index (χ2n) is 7.86. The van der Waals surface area contributed by atoms with Gasteiger partial charge in [0, 0.05) is 31.5 Å². The summed E-state index contributed by atoms with van der Waals surface area (Å²) in [5, 5.41) is 21.9. The normalized spacial score (nSPS) is 13.6. The molecule has 1 saturated heterocycles. The maximum atomic E-state index is 12.9. The number of amides is 1. The molecule has 0 atom stereocenters. The molecule has 0 aliphatic carbocycles. The number of carbonyl (C=O) groups is 1. The quantitative estimate of drug-likeness (QED) is 0.513. The van der Waals surface area contributed by atoms with E-state index < -0.39 is 0 Å². The number of thioether (sulfide) groups is 1. The number of benzene rings is 1. The molecule has 0 spiro atoms. The summed E-state index contributed by atoms with van der Waals surface area (Å²) < 4.78 is 14.4. The SMILES string of the molecule is COc1ccc(-n2c(C)c(C)c(C#N)c2NC(=O)CSc2nnc(N3CCOCC3)n2C)cc1. The highest BCUT2D eigenvalue weighted by Crippen LogP contribution is 2.31. The van der Waals surface area contributed by atoms with E-state index in [-0.39, 0.29) is 11.7 Å². The molecule has 1 fully saturated rings. The van der Waals surface area contributed by atoms with Gasteiger partial charge in [-0.25, -0.2) is 0 Å². The highest BCUT2D eigenvalue weighted by molar-refractivity contribution is 7.99. The van der Waals surface area contributed by atoms with E-state index in [1.54, 1.807) is 7.11 Å². The van der Waals surface area contributed by atoms with Gasteiger partial charge >= 0.3 is 0 Å². The van der Waals surface area contributed by atoms with Gasteiger partial charge < -0.3 is 19.7 Å². The molecular formula is C23H27N7O3S. The highest BCUT2D eigenvalue weighted by Gasteiger charge is 2.22. The van der Waals surface area contributed by atoms with Gasteiger partial charge in [0.1, 0.15) is 17.6 Å². The molecule has 178 valence electrons. The Balaban J connectivity index is 1.51. The van der Waals surface area contributed by atoms with E-state index in [0.717, 1.165) is 41.7 Å². The Kier molecular flexibility index (Phi) is 7.09. The van der Waals surface area contributed by atoms with Crippen LogP contribution < -0.4 is 15.0 Å². The van der Waals surface area contributed by atoms with Crippen LogP contribution in [0.15, 0.2) is 29.4 Å². The fourth-order valence-corrected chi connectivity index (χ4v) is 4.59. The van der Waals surface area contributed by atoms with Gasteiger partial charge in [-0.05, 0) is 43.7 Å². The first kappa shape index (κ1) is 23.7. The third-order valence-electron chi connectivity index (χ3n) is 5.85. The first-order valence-electron chi connectivity index (χ1n) is 10.9. The molecule has 0 unspecified atom stereocenters. The van der Waals surface area contributed by atoms with Gasteiger partial charge in [-0.2, -0.15) is 5.26 Å². The molecule has 3 aromatic rings. The van der Waals surface area contributed by atoms with Crippen molar-refractivity contribution < 1.29 is 14.3 Å². The van der Waals surface area contributed by atoms with E-state index in [4.69, 9.17) is 9.47 Å². The minimum Gasteiger partial charge on any atom is -0.497 e. The van der Waals surface area contributed by atoms with Gasteiger partial charge in [-0.15, -0.1) is 10.2 Å². The molecule has 1 aliphatic rings. The van der Waals surface area contributed by atoms with Gasteiger partial charge in [0.25, 0.3) is 0 Å². The maximum Gasteiger partial charge on any atom is 0.236 e. The zero-order chi connectivity index (χ0) is 24.2. The lowest BCUT2D eigenvalue weighted by atomic mass is 10.2. The Hall–Kier alpha value is -3.49. The molecular weight excluding hydrogens is 454 g/mol. The summed E-state index contributed by atoms with van der Waals surface area (Å²) in [5.74, 6) is 1.85. The van der Waals surface area contributed by atoms with Crippen LogP contribution in [0.5, 0.6) is 5.75 Å². The lowest BCUT2D eigenvalue weighted by molar-refractivity contribution is -0.113. The van der Waals surface area contributed by atoms with Crippen LogP contribution in [0.4, 0.5) is 11.8 Å². The summed E-state index contributed by atoms with van der Waals surface area (Å²) in [6.07, 6.45) is 0. The number of nitrogens with zero attached hydrogens (tertiary/aromatic N) is 6. The Morgan fingerprint density at radius 3 is 2.59 bits per heavy atom. The van der Waals surface area contributed by atoms with Crippen LogP contribution in [0.1, 0.15) is 16.8 Å². The number of rotatable bonds is 7. The van der Waals surface area contributed by atoms with E-state index in [1.807, 2.05) is 54.3 Å². The molecule has 0 radical (unpaired) electrons. The van der Waals surface area contributed by atoms with Crippen molar-refractivity contribution >= 4 is 29.4 Å². The summed E-state index contributed by atoms with van der Waals surface area (Å²) in [7, 11) is 3.50. The summed E-state index contributed by atoms with van der Waals surface area (Å²) >= 11 is 1.30. The third-order valence-corrected chi connectivity index (χ3v) is 6.87. The standard InChI is InChI=1S/C23H27N7O3S/c1-15-16(2)30(17-5-7-18(32-4)8-6-17)21(19(15)13-24)25-20(31)14-34-23-27-26-22(28(23)3)29-9-11-33-12-10-29/h5-8H,9-12,14H2,1-4H3,(H,25,31). The van der Waals surface area contributed by atoms with E-state index >= 15 is 0 Å². The average molecular weight is 482 g/mol. The number of methoxy groups -OCH3 is 1. The van der Waals surface area contributed by atoms with Crippen LogP contribution in [0.2, 0.25) is 0 Å². The lowest BCUT2D eigenvalue weighted by Gasteiger charge is -2.27. The third kappa shape index (κ3) is 4.60. The van der Waals surface area contributed by atoms with Gasteiger partial charge in [0.05, 0.1) is 31.6 Å². The van der Waals surface area contributed by atoms with Crippen molar-refractivity contribution in [3.05, 3.63) is 41.1 Å². The molecule has 10 nitrogen and oxygen atoms in total. The minimum absolute atomic E-state index is 0.131. The van der Waals surface area contributed by atoms with Crippen LogP contribution in [0.3, 0.4) is 0 Å². The van der Waals surface area contributed by atoms with Gasteiger partial charge in [-0.1, -0.05) is 11.8 Å². The van der Waals surface area contributed by atoms with Crippen LogP contribution in [0.25, 0.3) is 5.69 Å². The number of morpholine rings is 1. The Labute approximate surface area is 202 Å². The zero-order valence-corrected chi connectivity index (χ0v) is 20.5. The van der Waals surface area contributed by atoms with Crippen molar-refractivity contribution in [1.29, 1.82) is 5.26 Å². The van der Waals surface area contributed by atoms with E-state index in [2.05, 4.69) is 26.5 Å². The van der Waals surface area contributed by atoms with Crippen LogP contribution in [0, 0.1) is 25.2 Å². The van der Waals surface area contributed by atoms with Crippen molar-refractivity contribution in [2.24, 2.45) is 7.05 Å². The molecule has 0 bridgehead atoms. The number of carbonyl (C=O) groups excluding carboxylic acids is 1. The fourth-order valence-electron chi connectivity index (χ4n) is 3.88. The Bertz CT molecular complexity index is 1220. The van der Waals surface area contributed by atoms with Gasteiger partial charge in [0.2, 0.25) is 11.9 Å². The van der Waals surface area contributed by atoms with Crippen molar-refractivity contribution in [3.63, 3.8) is 0 Å². The number of hydrogen-bond acceptors (Lipinski definition) is 8. The molecule has 11 heteroatoms. The van der Waals surface area contributed by atoms with Gasteiger partial charge in [0.15, 0.2) is 5.16 Å². The number of aromatic nitrogens is 4. The van der Waals surface area contributed by atoms with Gasteiger partial charge in [-0.3, -0.25) is 13.9 Å². The zero-order valence-electron chi connectivity index (χ0n) is 19.7. The topological polar surface area (TPSA) is 110 Å². The molecule has 2 aromatic heterocycles. The van der Waals surface area contributed by atoms with Crippen molar-refractivity contribution in [2.45, 2.75) is 19.0 Å². The lowest BCUT2D eigenvalue weighted by Crippen LogP contribution is -2.37. The van der Waals surface area contributed by atoms with Crippen molar-refractivity contribution in [3.8, 4) is 17.5 Å². The Morgan fingerprint density at radius 2 is 1.94 bits per heavy atom. The summed E-state index contributed by atoms with van der Waals surface area (Å²) in [6, 6.07) is 9.71. The average Bonchev–Trinajstić information content (AvgIpc) is 3.34. The van der Waals surface area contributed by atoms with Crippen molar-refractivity contribution in [1.82, 2.24) is 19.3 Å². The molecule has 1 N–H and O–H groups in total. The first-order chi connectivity index (χ1) is 16.4. The number of nitriles is 1. The summed E-state index contributed by atoms with van der Waals surface area (Å²) in [5.41, 5.74) is 2.98. The van der Waals surface area contributed by atoms with Crippen LogP contribution in [-0.2, 0) is 16.6 Å². The van der Waals surface area contributed by atoms with E-state index in [0.29, 0.717) is 29.8 Å². The maximum absolute atomic E-state index is 12.9. The van der Waals surface area contributed by atoms with E-state index in [1.165, 1.54) is 11.8 Å². The first-order valence-corrected chi connectivity index (χ1v) is 11.8.